The van der Waals surface area contributed by atoms with Crippen molar-refractivity contribution >= 4 is 68.2 Å². The molecule has 10 aromatic rings. The van der Waals surface area contributed by atoms with Gasteiger partial charge < -0.3 is 24.7 Å². The van der Waals surface area contributed by atoms with E-state index in [1.54, 1.807) is 6.07 Å². The summed E-state index contributed by atoms with van der Waals surface area (Å²) < 4.78 is 0. The number of anilines is 12. The predicted molar refractivity (Wildman–Crippen MR) is 268 cm³/mol. The summed E-state index contributed by atoms with van der Waals surface area (Å²) in [5.41, 5.74) is 13.0. The Morgan fingerprint density at radius 3 is 0.769 bits per heavy atom. The van der Waals surface area contributed by atoms with E-state index >= 15 is 0 Å². The van der Waals surface area contributed by atoms with Gasteiger partial charge in [0.2, 0.25) is 0 Å². The molecular weight excluding hydrogens is 795 g/mol. The Hall–Kier alpha value is -8.87. The SMILES string of the molecule is [O-]c1cc(N(c2ccccc2)c2ccc(N(c3ccccc3)c3ccccc3)cc2)ccc1-c1ccc(N(c2ccccc2)c2ccc(N(c3ccccc3)c3ccccc3)cc2)cn1. The van der Waals surface area contributed by atoms with E-state index in [9.17, 15) is 5.11 Å². The second-order valence-electron chi connectivity index (χ2n) is 15.5. The third kappa shape index (κ3) is 8.65. The molecule has 10 rings (SSSR count). The van der Waals surface area contributed by atoms with Crippen LogP contribution in [0.25, 0.3) is 11.3 Å². The van der Waals surface area contributed by atoms with Gasteiger partial charge in [0.25, 0.3) is 0 Å². The zero-order valence-electron chi connectivity index (χ0n) is 35.5. The van der Waals surface area contributed by atoms with E-state index in [0.717, 1.165) is 68.2 Å². The lowest BCUT2D eigenvalue weighted by Crippen LogP contribution is -2.12. The number of rotatable bonds is 13. The van der Waals surface area contributed by atoms with Crippen molar-refractivity contribution in [2.45, 2.75) is 0 Å². The summed E-state index contributed by atoms with van der Waals surface area (Å²) in [6, 6.07) is 88.5. The highest BCUT2D eigenvalue weighted by Crippen LogP contribution is 2.43. The van der Waals surface area contributed by atoms with Crippen LogP contribution < -0.4 is 24.7 Å². The molecule has 0 amide bonds. The Bertz CT molecular complexity index is 2990. The van der Waals surface area contributed by atoms with Crippen LogP contribution >= 0.6 is 0 Å². The molecule has 0 atom stereocenters. The Morgan fingerprint density at radius 1 is 0.246 bits per heavy atom. The Labute approximate surface area is 380 Å². The first-order valence-corrected chi connectivity index (χ1v) is 21.7. The number of hydrogen-bond acceptors (Lipinski definition) is 6. The third-order valence-electron chi connectivity index (χ3n) is 11.3. The van der Waals surface area contributed by atoms with Crippen LogP contribution in [0, 0.1) is 0 Å². The highest BCUT2D eigenvalue weighted by atomic mass is 16.3. The second-order valence-corrected chi connectivity index (χ2v) is 15.5. The largest absolute Gasteiger partial charge is 0.872 e. The molecule has 1 aromatic heterocycles. The van der Waals surface area contributed by atoms with E-state index in [1.165, 1.54) is 0 Å². The van der Waals surface area contributed by atoms with Gasteiger partial charge in [-0.25, -0.2) is 0 Å². The first-order valence-electron chi connectivity index (χ1n) is 21.7. The lowest BCUT2D eigenvalue weighted by molar-refractivity contribution is -0.267. The van der Waals surface area contributed by atoms with Crippen molar-refractivity contribution < 1.29 is 5.11 Å². The zero-order chi connectivity index (χ0) is 43.8. The molecule has 6 heteroatoms. The number of aromatic nitrogens is 1. The molecule has 0 N–H and O–H groups in total. The highest BCUT2D eigenvalue weighted by Gasteiger charge is 2.19. The van der Waals surface area contributed by atoms with Gasteiger partial charge in [0.1, 0.15) is 0 Å². The maximum Gasteiger partial charge on any atom is 0.0697 e. The lowest BCUT2D eigenvalue weighted by Gasteiger charge is -2.29. The lowest BCUT2D eigenvalue weighted by atomic mass is 10.1. The summed E-state index contributed by atoms with van der Waals surface area (Å²) in [5.74, 6) is -0.114. The molecule has 65 heavy (non-hydrogen) atoms. The molecular formula is C59H44N5O-. The Morgan fingerprint density at radius 2 is 0.492 bits per heavy atom. The molecule has 0 aliphatic heterocycles. The maximum absolute atomic E-state index is 14.1. The summed E-state index contributed by atoms with van der Waals surface area (Å²) >= 11 is 0. The Kier molecular flexibility index (Phi) is 11.5. The van der Waals surface area contributed by atoms with Gasteiger partial charge in [-0.3, -0.25) is 4.98 Å². The molecule has 0 spiro atoms. The predicted octanol–water partition coefficient (Wildman–Crippen LogP) is 15.7. The second kappa shape index (κ2) is 18.6. The quantitative estimate of drug-likeness (QED) is 0.115. The first-order chi connectivity index (χ1) is 32.2. The highest BCUT2D eigenvalue weighted by molar-refractivity contribution is 5.85. The van der Waals surface area contributed by atoms with E-state index in [4.69, 9.17) is 4.98 Å². The van der Waals surface area contributed by atoms with Crippen LogP contribution in [-0.2, 0) is 0 Å². The van der Waals surface area contributed by atoms with Gasteiger partial charge >= 0.3 is 0 Å². The fourth-order valence-electron chi connectivity index (χ4n) is 8.29. The maximum atomic E-state index is 14.1. The minimum atomic E-state index is -0.114. The molecule has 6 nitrogen and oxygen atoms in total. The van der Waals surface area contributed by atoms with Crippen molar-refractivity contribution in [1.82, 2.24) is 4.98 Å². The van der Waals surface area contributed by atoms with Crippen molar-refractivity contribution in [2.75, 3.05) is 19.6 Å². The first kappa shape index (κ1) is 40.2. The summed E-state index contributed by atoms with van der Waals surface area (Å²) in [6.07, 6.45) is 1.84. The van der Waals surface area contributed by atoms with Crippen molar-refractivity contribution in [2.24, 2.45) is 0 Å². The van der Waals surface area contributed by atoms with Crippen LogP contribution in [0.2, 0.25) is 0 Å². The number of nitrogens with zero attached hydrogens (tertiary/aromatic N) is 5. The standard InChI is InChI=1S/C59H45N5O/c65-59-43-55(63(49-27-15-5-16-28-49)53-35-31-51(32-36-53)61(45-19-7-1-8-20-45)46-21-9-2-10-22-46)39-41-57(59)58-42-40-56(44-60-58)64(50-29-17-6-18-30-50)54-37-33-52(34-38-54)62(47-23-11-3-12-24-47)48-25-13-4-14-26-48/h1-44,65H/p-1. The molecule has 0 radical (unpaired) electrons. The molecule has 0 aliphatic carbocycles. The van der Waals surface area contributed by atoms with Crippen LogP contribution in [-0.4, -0.2) is 4.98 Å². The van der Waals surface area contributed by atoms with Gasteiger partial charge in [-0.1, -0.05) is 121 Å². The molecule has 0 bridgehead atoms. The topological polar surface area (TPSA) is 48.9 Å². The minimum absolute atomic E-state index is 0.114. The summed E-state index contributed by atoms with van der Waals surface area (Å²) in [7, 11) is 0. The van der Waals surface area contributed by atoms with E-state index in [2.05, 4.69) is 189 Å². The molecule has 0 fully saturated rings. The Balaban J connectivity index is 0.949. The molecule has 0 saturated heterocycles. The zero-order valence-corrected chi connectivity index (χ0v) is 35.5. The van der Waals surface area contributed by atoms with Crippen molar-refractivity contribution in [3.63, 3.8) is 0 Å². The van der Waals surface area contributed by atoms with Gasteiger partial charge in [-0.05, 0) is 151 Å². The number of hydrogen-bond donors (Lipinski definition) is 0. The van der Waals surface area contributed by atoms with Crippen LogP contribution in [0.3, 0.4) is 0 Å². The average molecular weight is 839 g/mol. The van der Waals surface area contributed by atoms with E-state index in [0.29, 0.717) is 11.3 Å². The smallest absolute Gasteiger partial charge is 0.0697 e. The van der Waals surface area contributed by atoms with Crippen molar-refractivity contribution in [3.05, 3.63) is 267 Å². The van der Waals surface area contributed by atoms with Crippen LogP contribution in [0.15, 0.2) is 267 Å². The molecule has 0 aliphatic rings. The molecule has 9 aromatic carbocycles. The third-order valence-corrected chi connectivity index (χ3v) is 11.3. The summed E-state index contributed by atoms with van der Waals surface area (Å²) in [4.78, 5) is 13.7. The normalized spacial score (nSPS) is 10.8. The summed E-state index contributed by atoms with van der Waals surface area (Å²) in [5, 5.41) is 14.1. The monoisotopic (exact) mass is 838 g/mol. The van der Waals surface area contributed by atoms with Gasteiger partial charge in [-0.2, -0.15) is 0 Å². The van der Waals surface area contributed by atoms with Crippen molar-refractivity contribution in [1.29, 1.82) is 0 Å². The van der Waals surface area contributed by atoms with Crippen LogP contribution in [0.1, 0.15) is 0 Å². The van der Waals surface area contributed by atoms with Gasteiger partial charge in [0.15, 0.2) is 0 Å². The fraction of sp³-hybridized carbons (Fsp3) is 0. The number of pyridine rings is 1. The van der Waals surface area contributed by atoms with Gasteiger partial charge in [-0.15, -0.1) is 0 Å². The average Bonchev–Trinajstić information content (AvgIpc) is 3.38. The van der Waals surface area contributed by atoms with Crippen molar-refractivity contribution in [3.8, 4) is 17.0 Å². The number of benzene rings is 9. The van der Waals surface area contributed by atoms with Crippen LogP contribution in [0.5, 0.6) is 5.75 Å². The van der Waals surface area contributed by atoms with Gasteiger partial charge in [0.05, 0.1) is 17.6 Å². The minimum Gasteiger partial charge on any atom is -0.872 e. The van der Waals surface area contributed by atoms with Crippen LogP contribution in [0.4, 0.5) is 68.2 Å². The van der Waals surface area contributed by atoms with E-state index < -0.39 is 0 Å². The molecule has 312 valence electrons. The fourth-order valence-corrected chi connectivity index (χ4v) is 8.29. The van der Waals surface area contributed by atoms with E-state index in [1.807, 2.05) is 91.1 Å². The molecule has 1 heterocycles. The molecule has 0 unspecified atom stereocenters. The van der Waals surface area contributed by atoms with E-state index in [-0.39, 0.29) is 5.75 Å². The van der Waals surface area contributed by atoms with Gasteiger partial charge in [0, 0.05) is 62.6 Å². The summed E-state index contributed by atoms with van der Waals surface area (Å²) in [6.45, 7) is 0. The molecule has 0 saturated carbocycles. The number of para-hydroxylation sites is 6.